The number of unbranched alkanes of at least 4 members (excludes halogenated alkanes) is 3. The second kappa shape index (κ2) is 10.2. The minimum absolute atomic E-state index is 0.105. The molecule has 0 aromatic heterocycles. The van der Waals surface area contributed by atoms with Gasteiger partial charge < -0.3 is 25.4 Å². The molecule has 5 atom stereocenters. The predicted octanol–water partition coefficient (Wildman–Crippen LogP) is 2.08. The molecule has 3 N–H and O–H groups in total. The van der Waals surface area contributed by atoms with Crippen LogP contribution in [-0.2, 0) is 19.1 Å². The number of hydrogen-bond donors (Lipinski definition) is 3. The topological polar surface area (TPSA) is 108 Å². The Labute approximate surface area is 195 Å². The number of nitrogens with one attached hydrogen (secondary N) is 2. The smallest absolute Gasteiger partial charge is 0.245 e. The first-order chi connectivity index (χ1) is 16.0. The molecule has 3 heterocycles. The molecule has 180 valence electrons. The molecule has 0 radical (unpaired) electrons. The number of carbonyl (C=O) groups excluding carboxylic acids is 3. The van der Waals surface area contributed by atoms with Crippen molar-refractivity contribution < 1.29 is 24.2 Å². The molecule has 0 aliphatic carbocycles. The summed E-state index contributed by atoms with van der Waals surface area (Å²) in [4.78, 5) is 42.0. The first-order valence-corrected chi connectivity index (χ1v) is 12.3. The SMILES string of the molecule is CCCCNC(=O)C1N(CCCCCO)C(=O)[C@@H]2[C@@H](C(=O)Nc3ccccc3)[C@H]3CCC12O3. The number of fused-ring (bicyclic) bond motifs is 1. The molecule has 8 nitrogen and oxygen atoms in total. The monoisotopic (exact) mass is 457 g/mol. The summed E-state index contributed by atoms with van der Waals surface area (Å²) >= 11 is 0. The number of nitrogens with zero attached hydrogens (tertiary/aromatic N) is 1. The number of rotatable bonds is 11. The van der Waals surface area contributed by atoms with Gasteiger partial charge in [0.1, 0.15) is 11.6 Å². The molecule has 3 amide bonds. The molecule has 1 aromatic carbocycles. The Kier molecular flexibility index (Phi) is 7.34. The van der Waals surface area contributed by atoms with Crippen LogP contribution in [0, 0.1) is 11.8 Å². The molecule has 2 unspecified atom stereocenters. The van der Waals surface area contributed by atoms with Crippen LogP contribution in [-0.4, -0.2) is 65.2 Å². The van der Waals surface area contributed by atoms with Crippen molar-refractivity contribution in [2.75, 3.05) is 25.0 Å². The van der Waals surface area contributed by atoms with Crippen molar-refractivity contribution in [3.63, 3.8) is 0 Å². The summed E-state index contributed by atoms with van der Waals surface area (Å²) in [6.07, 6.45) is 4.85. The average molecular weight is 458 g/mol. The number of aliphatic hydroxyl groups excluding tert-OH is 1. The molecule has 3 saturated heterocycles. The van der Waals surface area contributed by atoms with Crippen LogP contribution in [0.4, 0.5) is 5.69 Å². The van der Waals surface area contributed by atoms with E-state index in [9.17, 15) is 14.4 Å². The fraction of sp³-hybridized carbons (Fsp3) is 0.640. The molecule has 3 fully saturated rings. The van der Waals surface area contributed by atoms with Crippen LogP contribution < -0.4 is 10.6 Å². The molecule has 3 aliphatic rings. The summed E-state index contributed by atoms with van der Waals surface area (Å²) in [6, 6.07) is 8.48. The largest absolute Gasteiger partial charge is 0.396 e. The lowest BCUT2D eigenvalue weighted by Gasteiger charge is -2.33. The number of anilines is 1. The van der Waals surface area contributed by atoms with E-state index in [-0.39, 0.29) is 30.4 Å². The van der Waals surface area contributed by atoms with Gasteiger partial charge in [0.2, 0.25) is 17.7 Å². The highest BCUT2D eigenvalue weighted by Gasteiger charge is 2.74. The summed E-state index contributed by atoms with van der Waals surface area (Å²) in [5.41, 5.74) is -0.271. The zero-order valence-corrected chi connectivity index (χ0v) is 19.3. The van der Waals surface area contributed by atoms with Crippen molar-refractivity contribution >= 4 is 23.4 Å². The third kappa shape index (κ3) is 4.38. The first kappa shape index (κ1) is 23.7. The lowest BCUT2D eigenvalue weighted by Crippen LogP contribution is -2.55. The summed E-state index contributed by atoms with van der Waals surface area (Å²) in [5, 5.41) is 15.0. The highest BCUT2D eigenvalue weighted by atomic mass is 16.5. The van der Waals surface area contributed by atoms with Gasteiger partial charge in [-0.3, -0.25) is 14.4 Å². The second-order valence-corrected chi connectivity index (χ2v) is 9.37. The van der Waals surface area contributed by atoms with E-state index in [0.717, 1.165) is 19.3 Å². The van der Waals surface area contributed by atoms with Crippen molar-refractivity contribution in [2.24, 2.45) is 11.8 Å². The zero-order chi connectivity index (χ0) is 23.4. The Morgan fingerprint density at radius 2 is 1.94 bits per heavy atom. The number of likely N-dealkylation sites (tertiary alicyclic amines) is 1. The summed E-state index contributed by atoms with van der Waals surface area (Å²) in [6.45, 7) is 3.14. The van der Waals surface area contributed by atoms with Gasteiger partial charge in [0.15, 0.2) is 0 Å². The van der Waals surface area contributed by atoms with Gasteiger partial charge in [-0.05, 0) is 50.7 Å². The van der Waals surface area contributed by atoms with Crippen LogP contribution >= 0.6 is 0 Å². The Balaban J connectivity index is 1.58. The van der Waals surface area contributed by atoms with E-state index >= 15 is 0 Å². The molecule has 2 bridgehead atoms. The Bertz CT molecular complexity index is 863. The number of hydrogen-bond acceptors (Lipinski definition) is 5. The number of ether oxygens (including phenoxy) is 1. The highest BCUT2D eigenvalue weighted by molar-refractivity contribution is 6.01. The minimum Gasteiger partial charge on any atom is -0.396 e. The quantitative estimate of drug-likeness (QED) is 0.441. The van der Waals surface area contributed by atoms with Gasteiger partial charge in [0, 0.05) is 25.4 Å². The van der Waals surface area contributed by atoms with Crippen LogP contribution in [0.2, 0.25) is 0 Å². The zero-order valence-electron chi connectivity index (χ0n) is 19.3. The number of para-hydroxylation sites is 1. The molecule has 1 aromatic rings. The maximum Gasteiger partial charge on any atom is 0.245 e. The van der Waals surface area contributed by atoms with Gasteiger partial charge in [-0.25, -0.2) is 0 Å². The number of carbonyl (C=O) groups is 3. The van der Waals surface area contributed by atoms with Crippen molar-refractivity contribution in [3.05, 3.63) is 30.3 Å². The van der Waals surface area contributed by atoms with E-state index in [2.05, 4.69) is 17.6 Å². The second-order valence-electron chi connectivity index (χ2n) is 9.37. The Morgan fingerprint density at radius 1 is 1.15 bits per heavy atom. The third-order valence-corrected chi connectivity index (χ3v) is 7.28. The van der Waals surface area contributed by atoms with Crippen molar-refractivity contribution in [1.82, 2.24) is 10.2 Å². The average Bonchev–Trinajstić information content (AvgIpc) is 3.45. The molecule has 8 heteroatoms. The van der Waals surface area contributed by atoms with Crippen LogP contribution in [0.5, 0.6) is 0 Å². The normalized spacial score (nSPS) is 29.9. The van der Waals surface area contributed by atoms with Crippen molar-refractivity contribution in [3.8, 4) is 0 Å². The van der Waals surface area contributed by atoms with Gasteiger partial charge in [0.05, 0.1) is 17.9 Å². The third-order valence-electron chi connectivity index (χ3n) is 7.28. The van der Waals surface area contributed by atoms with E-state index in [0.29, 0.717) is 44.5 Å². The van der Waals surface area contributed by atoms with Gasteiger partial charge >= 0.3 is 0 Å². The molecule has 3 aliphatic heterocycles. The molecule has 1 spiro atoms. The highest BCUT2D eigenvalue weighted by Crippen LogP contribution is 2.58. The molecule has 0 saturated carbocycles. The standard InChI is InChI=1S/C25H35N3O5/c1-2-3-14-26-23(31)21-25-13-12-18(33-25)19(22(30)27-17-10-6-4-7-11-17)20(25)24(32)28(21)15-8-5-9-16-29/h4,6-7,10-11,18-21,29H,2-3,5,8-9,12-16H2,1H3,(H,26,31)(H,27,30)/t18-,19+,20+,21?,25?/m1/s1. The fourth-order valence-corrected chi connectivity index (χ4v) is 5.80. The maximum absolute atomic E-state index is 13.7. The van der Waals surface area contributed by atoms with Gasteiger partial charge in [0.25, 0.3) is 0 Å². The van der Waals surface area contributed by atoms with E-state index in [1.807, 2.05) is 30.3 Å². The van der Waals surface area contributed by atoms with Crippen LogP contribution in [0.3, 0.4) is 0 Å². The summed E-state index contributed by atoms with van der Waals surface area (Å²) in [5.74, 6) is -1.84. The lowest BCUT2D eigenvalue weighted by atomic mass is 9.70. The van der Waals surface area contributed by atoms with Crippen molar-refractivity contribution in [1.29, 1.82) is 0 Å². The van der Waals surface area contributed by atoms with Gasteiger partial charge in [-0.15, -0.1) is 0 Å². The number of benzene rings is 1. The molecular formula is C25H35N3O5. The molecule has 33 heavy (non-hydrogen) atoms. The number of aliphatic hydroxyl groups is 1. The number of amides is 3. The fourth-order valence-electron chi connectivity index (χ4n) is 5.80. The summed E-state index contributed by atoms with van der Waals surface area (Å²) in [7, 11) is 0. The Hall–Kier alpha value is -2.45. The first-order valence-electron chi connectivity index (χ1n) is 12.3. The van der Waals surface area contributed by atoms with E-state index < -0.39 is 23.5 Å². The van der Waals surface area contributed by atoms with E-state index in [1.165, 1.54) is 0 Å². The lowest BCUT2D eigenvalue weighted by molar-refractivity contribution is -0.141. The Morgan fingerprint density at radius 3 is 2.67 bits per heavy atom. The summed E-state index contributed by atoms with van der Waals surface area (Å²) < 4.78 is 6.40. The van der Waals surface area contributed by atoms with E-state index in [4.69, 9.17) is 9.84 Å². The van der Waals surface area contributed by atoms with Gasteiger partial charge in [-0.1, -0.05) is 31.5 Å². The van der Waals surface area contributed by atoms with Crippen LogP contribution in [0.15, 0.2) is 30.3 Å². The van der Waals surface area contributed by atoms with Crippen LogP contribution in [0.25, 0.3) is 0 Å². The maximum atomic E-state index is 13.7. The van der Waals surface area contributed by atoms with Gasteiger partial charge in [-0.2, -0.15) is 0 Å². The minimum atomic E-state index is -0.951. The molecular weight excluding hydrogens is 422 g/mol. The van der Waals surface area contributed by atoms with Crippen molar-refractivity contribution in [2.45, 2.75) is 69.6 Å². The molecule has 4 rings (SSSR count). The van der Waals surface area contributed by atoms with Crippen LogP contribution in [0.1, 0.15) is 51.9 Å². The van der Waals surface area contributed by atoms with E-state index in [1.54, 1.807) is 4.90 Å². The predicted molar refractivity (Wildman–Crippen MR) is 123 cm³/mol.